The van der Waals surface area contributed by atoms with E-state index in [1.807, 2.05) is 6.92 Å². The van der Waals surface area contributed by atoms with Gasteiger partial charge in [-0.05, 0) is 19.3 Å². The fourth-order valence-electron chi connectivity index (χ4n) is 2.98. The van der Waals surface area contributed by atoms with Crippen molar-refractivity contribution < 1.29 is 19.5 Å². The Morgan fingerprint density at radius 1 is 1.38 bits per heavy atom. The smallest absolute Gasteiger partial charge is 0.311 e. The number of carbonyl (C=O) groups excluding carboxylic acids is 2. The van der Waals surface area contributed by atoms with Gasteiger partial charge in [-0.15, -0.1) is 0 Å². The molecule has 0 aromatic rings. The van der Waals surface area contributed by atoms with E-state index >= 15 is 0 Å². The summed E-state index contributed by atoms with van der Waals surface area (Å²) in [5.74, 6) is -0.0681. The number of piperidine rings is 1. The number of carbonyl (C=O) groups is 3. The van der Waals surface area contributed by atoms with Crippen LogP contribution in [0, 0.1) is 5.41 Å². The third kappa shape index (κ3) is 3.51. The van der Waals surface area contributed by atoms with E-state index in [-0.39, 0.29) is 17.6 Å². The summed E-state index contributed by atoms with van der Waals surface area (Å²) in [6.07, 6.45) is 2.17. The van der Waals surface area contributed by atoms with Gasteiger partial charge in [0.2, 0.25) is 5.91 Å². The fourth-order valence-corrected chi connectivity index (χ4v) is 3.83. The highest BCUT2D eigenvalue weighted by Gasteiger charge is 2.42. The molecule has 2 rings (SSSR count). The van der Waals surface area contributed by atoms with Crippen LogP contribution in [-0.2, 0) is 9.59 Å². The SMILES string of the molecule is CCC1(C(=O)O)CCCN(C(=O)CCN2CCSC2=O)C1. The molecular weight excluding hydrogens is 292 g/mol. The lowest BCUT2D eigenvalue weighted by atomic mass is 9.77. The Kier molecular flexibility index (Phi) is 5.13. The zero-order chi connectivity index (χ0) is 15.5. The molecule has 0 aromatic carbocycles. The topological polar surface area (TPSA) is 77.9 Å². The van der Waals surface area contributed by atoms with Crippen molar-refractivity contribution in [1.29, 1.82) is 0 Å². The second-order valence-corrected chi connectivity index (χ2v) is 6.76. The summed E-state index contributed by atoms with van der Waals surface area (Å²) in [7, 11) is 0. The number of hydrogen-bond acceptors (Lipinski definition) is 4. The standard InChI is InChI=1S/C14H22N2O4S/c1-2-14(12(18)19)5-3-6-16(10-14)11(17)4-7-15-8-9-21-13(15)20/h2-10H2,1H3,(H,18,19). The molecule has 0 aliphatic carbocycles. The Labute approximate surface area is 128 Å². The Balaban J connectivity index is 1.90. The molecule has 2 fully saturated rings. The molecule has 1 N–H and O–H groups in total. The third-order valence-electron chi connectivity index (χ3n) is 4.50. The van der Waals surface area contributed by atoms with Gasteiger partial charge in [0.15, 0.2) is 0 Å². The molecule has 2 aliphatic rings. The van der Waals surface area contributed by atoms with Crippen LogP contribution in [0.3, 0.4) is 0 Å². The lowest BCUT2D eigenvalue weighted by Gasteiger charge is -2.39. The average molecular weight is 314 g/mol. The lowest BCUT2D eigenvalue weighted by molar-refractivity contribution is -0.155. The van der Waals surface area contributed by atoms with Crippen molar-refractivity contribution in [3.8, 4) is 0 Å². The van der Waals surface area contributed by atoms with Crippen molar-refractivity contribution in [3.05, 3.63) is 0 Å². The first-order valence-corrected chi connectivity index (χ1v) is 8.40. The van der Waals surface area contributed by atoms with Gasteiger partial charge in [0.25, 0.3) is 5.24 Å². The summed E-state index contributed by atoms with van der Waals surface area (Å²) in [6.45, 7) is 3.91. The zero-order valence-corrected chi connectivity index (χ0v) is 13.2. The summed E-state index contributed by atoms with van der Waals surface area (Å²) in [4.78, 5) is 38.6. The molecule has 2 saturated heterocycles. The predicted molar refractivity (Wildman–Crippen MR) is 80.2 cm³/mol. The summed E-state index contributed by atoms with van der Waals surface area (Å²) in [5.41, 5.74) is -0.798. The maximum Gasteiger partial charge on any atom is 0.311 e. The lowest BCUT2D eigenvalue weighted by Crippen LogP contribution is -2.50. The molecule has 21 heavy (non-hydrogen) atoms. The number of aliphatic carboxylic acids is 1. The van der Waals surface area contributed by atoms with Gasteiger partial charge < -0.3 is 14.9 Å². The third-order valence-corrected chi connectivity index (χ3v) is 5.39. The molecule has 0 saturated carbocycles. The first-order chi connectivity index (χ1) is 9.98. The van der Waals surface area contributed by atoms with Crippen LogP contribution in [-0.4, -0.2) is 64.0 Å². The quantitative estimate of drug-likeness (QED) is 0.835. The van der Waals surface area contributed by atoms with Gasteiger partial charge in [-0.1, -0.05) is 18.7 Å². The van der Waals surface area contributed by atoms with Gasteiger partial charge in [-0.25, -0.2) is 0 Å². The number of likely N-dealkylation sites (tertiary alicyclic amines) is 1. The molecule has 0 bridgehead atoms. The van der Waals surface area contributed by atoms with Crippen LogP contribution in [0.4, 0.5) is 4.79 Å². The van der Waals surface area contributed by atoms with Gasteiger partial charge in [0.1, 0.15) is 0 Å². The van der Waals surface area contributed by atoms with Crippen molar-refractivity contribution in [2.24, 2.45) is 5.41 Å². The molecule has 118 valence electrons. The number of amides is 2. The molecule has 7 heteroatoms. The van der Waals surface area contributed by atoms with Crippen molar-refractivity contribution >= 4 is 28.9 Å². The first-order valence-electron chi connectivity index (χ1n) is 7.41. The van der Waals surface area contributed by atoms with Crippen LogP contribution in [0.5, 0.6) is 0 Å². The molecule has 0 radical (unpaired) electrons. The highest BCUT2D eigenvalue weighted by molar-refractivity contribution is 8.13. The van der Waals surface area contributed by atoms with Crippen LogP contribution in [0.2, 0.25) is 0 Å². The summed E-state index contributed by atoms with van der Waals surface area (Å²) in [5, 5.41) is 9.47. The second-order valence-electron chi connectivity index (χ2n) is 5.71. The second kappa shape index (κ2) is 6.68. The minimum atomic E-state index is -0.811. The first kappa shape index (κ1) is 16.1. The van der Waals surface area contributed by atoms with E-state index in [9.17, 15) is 19.5 Å². The van der Waals surface area contributed by atoms with E-state index in [2.05, 4.69) is 0 Å². The Bertz CT molecular complexity index is 443. The minimum Gasteiger partial charge on any atom is -0.481 e. The van der Waals surface area contributed by atoms with Gasteiger partial charge >= 0.3 is 5.97 Å². The maximum atomic E-state index is 12.3. The van der Waals surface area contributed by atoms with Crippen LogP contribution >= 0.6 is 11.8 Å². The van der Waals surface area contributed by atoms with E-state index in [4.69, 9.17) is 0 Å². The maximum absolute atomic E-state index is 12.3. The van der Waals surface area contributed by atoms with Crippen molar-refractivity contribution in [2.75, 3.05) is 31.9 Å². The molecule has 6 nitrogen and oxygen atoms in total. The van der Waals surface area contributed by atoms with E-state index in [0.717, 1.165) is 12.2 Å². The number of thioether (sulfide) groups is 1. The van der Waals surface area contributed by atoms with E-state index in [0.29, 0.717) is 39.0 Å². The average Bonchev–Trinajstić information content (AvgIpc) is 2.89. The molecule has 0 spiro atoms. The van der Waals surface area contributed by atoms with E-state index < -0.39 is 11.4 Å². The summed E-state index contributed by atoms with van der Waals surface area (Å²) in [6, 6.07) is 0. The van der Waals surface area contributed by atoms with Crippen molar-refractivity contribution in [1.82, 2.24) is 9.80 Å². The molecule has 2 amide bonds. The monoisotopic (exact) mass is 314 g/mol. The molecule has 2 aliphatic heterocycles. The Hall–Kier alpha value is -1.24. The van der Waals surface area contributed by atoms with Crippen LogP contribution in [0.1, 0.15) is 32.6 Å². The molecule has 1 unspecified atom stereocenters. The number of carboxylic acids is 1. The van der Waals surface area contributed by atoms with Crippen molar-refractivity contribution in [3.63, 3.8) is 0 Å². The number of hydrogen-bond donors (Lipinski definition) is 1. The van der Waals surface area contributed by atoms with Crippen molar-refractivity contribution in [2.45, 2.75) is 32.6 Å². The van der Waals surface area contributed by atoms with Gasteiger partial charge in [0.05, 0.1) is 5.41 Å². The predicted octanol–water partition coefficient (Wildman–Crippen LogP) is 1.65. The van der Waals surface area contributed by atoms with Gasteiger partial charge in [-0.2, -0.15) is 0 Å². The molecular formula is C14H22N2O4S. The number of rotatable bonds is 5. The van der Waals surface area contributed by atoms with E-state index in [1.165, 1.54) is 11.8 Å². The number of nitrogens with zero attached hydrogens (tertiary/aromatic N) is 2. The largest absolute Gasteiger partial charge is 0.481 e. The number of carboxylic acid groups (broad SMARTS) is 1. The minimum absolute atomic E-state index is 0.0369. The molecule has 2 heterocycles. The fraction of sp³-hybridized carbons (Fsp3) is 0.786. The zero-order valence-electron chi connectivity index (χ0n) is 12.3. The van der Waals surface area contributed by atoms with Gasteiger partial charge in [0, 0.05) is 38.4 Å². The Morgan fingerprint density at radius 3 is 2.71 bits per heavy atom. The van der Waals surface area contributed by atoms with E-state index in [1.54, 1.807) is 9.80 Å². The highest BCUT2D eigenvalue weighted by atomic mass is 32.2. The molecule has 1 atom stereocenters. The van der Waals surface area contributed by atoms with Gasteiger partial charge in [-0.3, -0.25) is 14.4 Å². The van der Waals surface area contributed by atoms with Crippen LogP contribution in [0.25, 0.3) is 0 Å². The molecule has 0 aromatic heterocycles. The summed E-state index contributed by atoms with van der Waals surface area (Å²) >= 11 is 1.28. The highest BCUT2D eigenvalue weighted by Crippen LogP contribution is 2.34. The summed E-state index contributed by atoms with van der Waals surface area (Å²) < 4.78 is 0. The Morgan fingerprint density at radius 2 is 2.14 bits per heavy atom. The normalized spacial score (nSPS) is 26.2. The van der Waals surface area contributed by atoms with Crippen LogP contribution in [0.15, 0.2) is 0 Å². The van der Waals surface area contributed by atoms with Crippen LogP contribution < -0.4 is 0 Å².